The van der Waals surface area contributed by atoms with Gasteiger partial charge >= 0.3 is 0 Å². The van der Waals surface area contributed by atoms with Gasteiger partial charge in [0.15, 0.2) is 5.00 Å². The lowest BCUT2D eigenvalue weighted by molar-refractivity contribution is -0.923. The van der Waals surface area contributed by atoms with E-state index >= 15 is 0 Å². The van der Waals surface area contributed by atoms with Crippen LogP contribution in [-0.4, -0.2) is 83.4 Å². The number of hydrogen-bond donors (Lipinski definition) is 0. The fourth-order valence-corrected chi connectivity index (χ4v) is 5.42. The molecule has 2 aromatic rings. The summed E-state index contributed by atoms with van der Waals surface area (Å²) in [6, 6.07) is 10.3. The van der Waals surface area contributed by atoms with Crippen molar-refractivity contribution in [2.24, 2.45) is 10.2 Å². The van der Waals surface area contributed by atoms with Gasteiger partial charge in [-0.1, -0.05) is 6.92 Å². The van der Waals surface area contributed by atoms with Crippen LogP contribution in [-0.2, 0) is 14.2 Å². The summed E-state index contributed by atoms with van der Waals surface area (Å²) < 4.78 is 18.5. The van der Waals surface area contributed by atoms with Crippen molar-refractivity contribution in [1.82, 2.24) is 0 Å². The zero-order valence-corrected chi connectivity index (χ0v) is 26.6. The molecule has 2 rings (SSSR count). The Morgan fingerprint density at radius 1 is 0.829 bits per heavy atom. The molecule has 0 aliphatic heterocycles. The van der Waals surface area contributed by atoms with E-state index in [0.29, 0.717) is 47.4 Å². The predicted molar refractivity (Wildman–Crippen MR) is 166 cm³/mol. The quantitative estimate of drug-likeness (QED) is 0.0980. The number of rotatable bonds is 20. The molecule has 0 unspecified atom stereocenters. The molecule has 0 N–H and O–H groups in total. The summed E-state index contributed by atoms with van der Waals surface area (Å²) in [6.07, 6.45) is 1.00. The first-order chi connectivity index (χ1) is 19.9. The van der Waals surface area contributed by atoms with Crippen molar-refractivity contribution in [3.8, 4) is 12.1 Å². The molecule has 224 valence electrons. The molecule has 0 atom stereocenters. The number of benzene rings is 1. The first-order valence-electron chi connectivity index (χ1n) is 14.7. The molecule has 0 fully saturated rings. The molecule has 0 spiro atoms. The molecule has 9 nitrogen and oxygen atoms in total. The molecule has 0 aliphatic rings. The van der Waals surface area contributed by atoms with E-state index in [0.717, 1.165) is 80.3 Å². The predicted octanol–water partition coefficient (Wildman–Crippen LogP) is 6.67. The van der Waals surface area contributed by atoms with Crippen LogP contribution in [0.4, 0.5) is 16.4 Å². The number of aryl methyl sites for hydroxylation is 1. The van der Waals surface area contributed by atoms with Crippen LogP contribution in [0.3, 0.4) is 0 Å². The minimum Gasteiger partial charge on any atom is -0.379 e. The molecule has 0 aliphatic carbocycles. The molecule has 0 bridgehead atoms. The van der Waals surface area contributed by atoms with Crippen LogP contribution in [0.15, 0.2) is 28.4 Å². The minimum atomic E-state index is 0.406. The van der Waals surface area contributed by atoms with E-state index in [1.165, 1.54) is 11.3 Å². The Morgan fingerprint density at radius 2 is 1.46 bits per heavy atom. The summed E-state index contributed by atoms with van der Waals surface area (Å²) in [7, 11) is 0. The maximum atomic E-state index is 9.49. The van der Waals surface area contributed by atoms with E-state index in [9.17, 15) is 10.5 Å². The number of hydrogen-bond acceptors (Lipinski definition) is 9. The second-order valence-corrected chi connectivity index (χ2v) is 11.0. The molecule has 0 saturated carbocycles. The number of quaternary nitrogens is 1. The highest BCUT2D eigenvalue weighted by molar-refractivity contribution is 7.16. The summed E-state index contributed by atoms with van der Waals surface area (Å²) in [4.78, 5) is 2.76. The highest BCUT2D eigenvalue weighted by atomic mass is 32.1. The van der Waals surface area contributed by atoms with Gasteiger partial charge in [-0.05, 0) is 70.4 Å². The van der Waals surface area contributed by atoms with Crippen molar-refractivity contribution in [2.75, 3.05) is 83.8 Å². The first-order valence-corrected chi connectivity index (χ1v) is 15.5. The maximum absolute atomic E-state index is 9.49. The first kappa shape index (κ1) is 34.3. The fourth-order valence-electron chi connectivity index (χ4n) is 4.55. The van der Waals surface area contributed by atoms with E-state index < -0.39 is 0 Å². The molecular weight excluding hydrogens is 536 g/mol. The maximum Gasteiger partial charge on any atom is 0.158 e. The third-order valence-corrected chi connectivity index (χ3v) is 8.67. The van der Waals surface area contributed by atoms with Crippen molar-refractivity contribution in [1.29, 1.82) is 10.5 Å². The van der Waals surface area contributed by atoms with Crippen LogP contribution in [0.5, 0.6) is 0 Å². The number of anilines is 1. The van der Waals surface area contributed by atoms with Gasteiger partial charge in [0.25, 0.3) is 0 Å². The smallest absolute Gasteiger partial charge is 0.158 e. The highest BCUT2D eigenvalue weighted by Crippen LogP contribution is 2.36. The SMILES string of the molecule is CCCOCCOCCN(CCOCC[N+](CC)(CC)CC)c1ccc(/N=N/c2sc(C#N)c(C)c2C#N)c(C)c1. The molecule has 1 aromatic carbocycles. The third-order valence-electron chi connectivity index (χ3n) is 7.59. The number of nitrogens with zero attached hydrogens (tertiary/aromatic N) is 6. The number of thiophene rings is 1. The van der Waals surface area contributed by atoms with Gasteiger partial charge in [0.2, 0.25) is 0 Å². The Hall–Kier alpha value is -2.86. The van der Waals surface area contributed by atoms with Crippen molar-refractivity contribution < 1.29 is 18.7 Å². The van der Waals surface area contributed by atoms with Crippen molar-refractivity contribution in [3.05, 3.63) is 39.8 Å². The van der Waals surface area contributed by atoms with Gasteiger partial charge in [0, 0.05) is 25.4 Å². The van der Waals surface area contributed by atoms with Crippen molar-refractivity contribution in [3.63, 3.8) is 0 Å². The van der Waals surface area contributed by atoms with E-state index in [1.807, 2.05) is 19.1 Å². The summed E-state index contributed by atoms with van der Waals surface area (Å²) in [6.45, 7) is 22.4. The van der Waals surface area contributed by atoms with E-state index in [2.05, 4.69) is 61.0 Å². The standard InChI is InChI=1S/C31H47N6O3S/c1-7-16-38-20-21-40-18-14-36(13-17-39-19-15-37(8-2,9-3)10-4)27-11-12-29(25(5)22-27)34-35-31-28(23-32)26(6)30(24-33)41-31/h11-12,22H,7-10,13-21H2,1-6H3/q+1/b35-34+. The average molecular weight is 584 g/mol. The minimum absolute atomic E-state index is 0.406. The van der Waals surface area contributed by atoms with Gasteiger partial charge in [-0.25, -0.2) is 0 Å². The lowest BCUT2D eigenvalue weighted by Gasteiger charge is -2.35. The second-order valence-electron chi connectivity index (χ2n) is 9.97. The van der Waals surface area contributed by atoms with Gasteiger partial charge in [-0.2, -0.15) is 10.5 Å². The summed E-state index contributed by atoms with van der Waals surface area (Å²) in [5, 5.41) is 28.0. The Kier molecular flexibility index (Phi) is 15.5. The van der Waals surface area contributed by atoms with Gasteiger partial charge in [0.05, 0.1) is 63.9 Å². The Labute approximate surface area is 250 Å². The van der Waals surface area contributed by atoms with Crippen LogP contribution >= 0.6 is 11.3 Å². The molecular formula is C31H47N6O3S+. The van der Waals surface area contributed by atoms with Crippen LogP contribution in [0.25, 0.3) is 0 Å². The van der Waals surface area contributed by atoms with E-state index in [-0.39, 0.29) is 0 Å². The lowest BCUT2D eigenvalue weighted by atomic mass is 10.1. The topological polar surface area (TPSA) is 103 Å². The molecule has 0 saturated heterocycles. The normalized spacial score (nSPS) is 11.6. The summed E-state index contributed by atoms with van der Waals surface area (Å²) >= 11 is 1.19. The van der Waals surface area contributed by atoms with E-state index in [1.54, 1.807) is 6.92 Å². The monoisotopic (exact) mass is 583 g/mol. The number of ether oxygens (including phenoxy) is 3. The Balaban J connectivity index is 2.08. The van der Waals surface area contributed by atoms with Crippen molar-refractivity contribution >= 4 is 27.7 Å². The number of likely N-dealkylation sites (N-methyl/N-ethyl adjacent to an activating group) is 1. The van der Waals surface area contributed by atoms with Gasteiger partial charge in [0.1, 0.15) is 23.6 Å². The van der Waals surface area contributed by atoms with Crippen LogP contribution in [0.1, 0.15) is 55.7 Å². The van der Waals surface area contributed by atoms with Crippen molar-refractivity contribution in [2.45, 2.75) is 48.0 Å². The fraction of sp³-hybridized carbons (Fsp3) is 0.613. The zero-order valence-electron chi connectivity index (χ0n) is 25.7. The molecule has 41 heavy (non-hydrogen) atoms. The molecule has 0 amide bonds. The molecule has 1 heterocycles. The Bertz CT molecular complexity index is 1170. The summed E-state index contributed by atoms with van der Waals surface area (Å²) in [5.74, 6) is 0. The van der Waals surface area contributed by atoms with Gasteiger partial charge in [-0.3, -0.25) is 0 Å². The lowest BCUT2D eigenvalue weighted by Crippen LogP contribution is -2.49. The van der Waals surface area contributed by atoms with Gasteiger partial charge < -0.3 is 23.6 Å². The average Bonchev–Trinajstić information content (AvgIpc) is 3.31. The van der Waals surface area contributed by atoms with Crippen LogP contribution in [0, 0.1) is 36.5 Å². The van der Waals surface area contributed by atoms with Crippen LogP contribution in [0.2, 0.25) is 0 Å². The Morgan fingerprint density at radius 3 is 2.02 bits per heavy atom. The second kappa shape index (κ2) is 18.5. The number of nitriles is 2. The van der Waals surface area contributed by atoms with Crippen LogP contribution < -0.4 is 4.90 Å². The largest absolute Gasteiger partial charge is 0.379 e. The number of azo groups is 1. The zero-order chi connectivity index (χ0) is 30.1. The van der Waals surface area contributed by atoms with Gasteiger partial charge in [-0.15, -0.1) is 21.6 Å². The highest BCUT2D eigenvalue weighted by Gasteiger charge is 2.20. The molecule has 10 heteroatoms. The molecule has 0 radical (unpaired) electrons. The van der Waals surface area contributed by atoms with E-state index in [4.69, 9.17) is 14.2 Å². The molecule has 1 aromatic heterocycles. The third kappa shape index (κ3) is 10.5. The summed E-state index contributed by atoms with van der Waals surface area (Å²) in [5.41, 5.74) is 3.81.